The summed E-state index contributed by atoms with van der Waals surface area (Å²) in [6.45, 7) is 1.94. The molecule has 2 rings (SSSR count). The summed E-state index contributed by atoms with van der Waals surface area (Å²) < 4.78 is 31.6. The van der Waals surface area contributed by atoms with Crippen molar-refractivity contribution in [1.29, 1.82) is 0 Å². The van der Waals surface area contributed by atoms with Crippen molar-refractivity contribution in [3.8, 4) is 0 Å². The molecule has 1 aliphatic rings. The quantitative estimate of drug-likeness (QED) is 0.787. The second kappa shape index (κ2) is 5.75. The number of hydrogen-bond acceptors (Lipinski definition) is 4. The number of sulfonamides is 1. The van der Waals surface area contributed by atoms with Gasteiger partial charge in [-0.2, -0.15) is 0 Å². The molecule has 0 aromatic heterocycles. The summed E-state index contributed by atoms with van der Waals surface area (Å²) in [5.74, 6) is -0.856. The van der Waals surface area contributed by atoms with Crippen molar-refractivity contribution in [2.75, 3.05) is 13.7 Å². The summed E-state index contributed by atoms with van der Waals surface area (Å²) in [6, 6.07) is 6.04. The topological polar surface area (TPSA) is 92.7 Å². The predicted molar refractivity (Wildman–Crippen MR) is 76.6 cm³/mol. The van der Waals surface area contributed by atoms with E-state index in [1.54, 1.807) is 19.1 Å². The van der Waals surface area contributed by atoms with Crippen LogP contribution < -0.4 is 4.72 Å². The third-order valence-electron chi connectivity index (χ3n) is 3.84. The van der Waals surface area contributed by atoms with Crippen LogP contribution in [-0.2, 0) is 25.0 Å². The molecule has 0 amide bonds. The highest BCUT2D eigenvalue weighted by atomic mass is 32.2. The van der Waals surface area contributed by atoms with Crippen molar-refractivity contribution < 1.29 is 23.1 Å². The van der Waals surface area contributed by atoms with Gasteiger partial charge in [0.05, 0.1) is 16.4 Å². The van der Waals surface area contributed by atoms with Gasteiger partial charge in [0.25, 0.3) is 0 Å². The molecule has 1 unspecified atom stereocenters. The number of benzene rings is 1. The number of carboxylic acid groups (broad SMARTS) is 1. The molecule has 2 N–H and O–H groups in total. The predicted octanol–water partition coefficient (Wildman–Crippen LogP) is 1.12. The Morgan fingerprint density at radius 3 is 2.38 bits per heavy atom. The molecule has 0 aliphatic heterocycles. The lowest BCUT2D eigenvalue weighted by Crippen LogP contribution is -2.31. The van der Waals surface area contributed by atoms with E-state index in [0.29, 0.717) is 18.4 Å². The molecular weight excluding hydrogens is 294 g/mol. The zero-order valence-electron chi connectivity index (χ0n) is 12.0. The standard InChI is InChI=1S/C14H19NO5S/c1-10(20-2)9-15-21(18,19)12-5-3-11(4-6-12)14(7-8-14)13(16)17/h3-6,10,15H,7-9H2,1-2H3,(H,16,17). The van der Waals surface area contributed by atoms with Crippen LogP contribution in [0.1, 0.15) is 25.3 Å². The van der Waals surface area contributed by atoms with Gasteiger partial charge >= 0.3 is 5.97 Å². The Hall–Kier alpha value is -1.44. The molecule has 7 heteroatoms. The minimum absolute atomic E-state index is 0.121. The van der Waals surface area contributed by atoms with Crippen molar-refractivity contribution in [2.24, 2.45) is 0 Å². The van der Waals surface area contributed by atoms with Crippen LogP contribution in [0.2, 0.25) is 0 Å². The number of aliphatic carboxylic acids is 1. The Labute approximate surface area is 124 Å². The number of hydrogen-bond donors (Lipinski definition) is 2. The second-order valence-corrected chi connectivity index (χ2v) is 7.08. The van der Waals surface area contributed by atoms with E-state index in [4.69, 9.17) is 4.74 Å². The van der Waals surface area contributed by atoms with Gasteiger partial charge in [-0.3, -0.25) is 4.79 Å². The molecule has 0 saturated heterocycles. The number of rotatable bonds is 7. The molecule has 1 aromatic carbocycles. The van der Waals surface area contributed by atoms with Gasteiger partial charge in [0.1, 0.15) is 0 Å². The highest BCUT2D eigenvalue weighted by molar-refractivity contribution is 7.89. The van der Waals surface area contributed by atoms with E-state index in [-0.39, 0.29) is 17.5 Å². The zero-order valence-corrected chi connectivity index (χ0v) is 12.8. The van der Waals surface area contributed by atoms with Crippen LogP contribution in [0.4, 0.5) is 0 Å². The number of ether oxygens (including phenoxy) is 1. The summed E-state index contributed by atoms with van der Waals surface area (Å²) in [7, 11) is -2.10. The lowest BCUT2D eigenvalue weighted by molar-refractivity contribution is -0.140. The average Bonchev–Trinajstić information content (AvgIpc) is 3.26. The molecule has 116 valence electrons. The Morgan fingerprint density at radius 1 is 1.38 bits per heavy atom. The molecule has 1 saturated carbocycles. The van der Waals surface area contributed by atoms with Gasteiger partial charge in [-0.05, 0) is 37.5 Å². The fourth-order valence-corrected chi connectivity index (χ4v) is 3.21. The third-order valence-corrected chi connectivity index (χ3v) is 5.28. The van der Waals surface area contributed by atoms with Gasteiger partial charge in [-0.25, -0.2) is 13.1 Å². The van der Waals surface area contributed by atoms with Crippen LogP contribution in [0.5, 0.6) is 0 Å². The van der Waals surface area contributed by atoms with Crippen LogP contribution in [0, 0.1) is 0 Å². The Kier molecular flexibility index (Phi) is 4.36. The van der Waals surface area contributed by atoms with E-state index >= 15 is 0 Å². The molecule has 1 fully saturated rings. The Balaban J connectivity index is 2.14. The van der Waals surface area contributed by atoms with Crippen molar-refractivity contribution in [3.63, 3.8) is 0 Å². The molecule has 0 spiro atoms. The summed E-state index contributed by atoms with van der Waals surface area (Å²) in [6.07, 6.45) is 0.969. The lowest BCUT2D eigenvalue weighted by Gasteiger charge is -2.13. The van der Waals surface area contributed by atoms with Crippen molar-refractivity contribution >= 4 is 16.0 Å². The van der Waals surface area contributed by atoms with Crippen molar-refractivity contribution in [2.45, 2.75) is 36.2 Å². The Bertz CT molecular complexity index is 619. The molecule has 0 heterocycles. The SMILES string of the molecule is COC(C)CNS(=O)(=O)c1ccc(C2(C(=O)O)CC2)cc1. The van der Waals surface area contributed by atoms with E-state index in [1.165, 1.54) is 19.2 Å². The lowest BCUT2D eigenvalue weighted by atomic mass is 9.96. The van der Waals surface area contributed by atoms with E-state index in [9.17, 15) is 18.3 Å². The maximum atomic E-state index is 12.1. The summed E-state index contributed by atoms with van der Waals surface area (Å²) >= 11 is 0. The van der Waals surface area contributed by atoms with Crippen molar-refractivity contribution in [3.05, 3.63) is 29.8 Å². The van der Waals surface area contributed by atoms with E-state index in [2.05, 4.69) is 4.72 Å². The molecule has 1 aromatic rings. The fourth-order valence-electron chi connectivity index (χ4n) is 2.10. The summed E-state index contributed by atoms with van der Waals surface area (Å²) in [5, 5.41) is 9.21. The highest BCUT2D eigenvalue weighted by Gasteiger charge is 2.51. The van der Waals surface area contributed by atoms with E-state index < -0.39 is 21.4 Å². The van der Waals surface area contributed by atoms with Gasteiger partial charge in [0.2, 0.25) is 10.0 Å². The van der Waals surface area contributed by atoms with E-state index in [0.717, 1.165) is 0 Å². The van der Waals surface area contributed by atoms with Crippen LogP contribution in [0.25, 0.3) is 0 Å². The molecule has 1 aliphatic carbocycles. The number of carbonyl (C=O) groups is 1. The second-order valence-electron chi connectivity index (χ2n) is 5.31. The molecule has 21 heavy (non-hydrogen) atoms. The maximum absolute atomic E-state index is 12.1. The summed E-state index contributed by atoms with van der Waals surface area (Å²) in [4.78, 5) is 11.4. The molecular formula is C14H19NO5S. The van der Waals surface area contributed by atoms with Gasteiger partial charge in [-0.1, -0.05) is 12.1 Å². The van der Waals surface area contributed by atoms with Gasteiger partial charge < -0.3 is 9.84 Å². The summed E-state index contributed by atoms with van der Waals surface area (Å²) in [5.41, 5.74) is -0.167. The van der Waals surface area contributed by atoms with Crippen LogP contribution in [-0.4, -0.2) is 39.3 Å². The largest absolute Gasteiger partial charge is 0.481 e. The number of carboxylic acids is 1. The minimum atomic E-state index is -3.60. The highest BCUT2D eigenvalue weighted by Crippen LogP contribution is 2.48. The molecule has 6 nitrogen and oxygen atoms in total. The zero-order chi connectivity index (χ0) is 15.7. The van der Waals surface area contributed by atoms with Crippen LogP contribution in [0.3, 0.4) is 0 Å². The molecule has 1 atom stereocenters. The first-order valence-electron chi connectivity index (χ1n) is 6.68. The van der Waals surface area contributed by atoms with Gasteiger partial charge in [-0.15, -0.1) is 0 Å². The third kappa shape index (κ3) is 3.25. The minimum Gasteiger partial charge on any atom is -0.481 e. The average molecular weight is 313 g/mol. The monoisotopic (exact) mass is 313 g/mol. The number of nitrogens with one attached hydrogen (secondary N) is 1. The molecule has 0 bridgehead atoms. The maximum Gasteiger partial charge on any atom is 0.314 e. The normalized spacial score (nSPS) is 18.2. The number of methoxy groups -OCH3 is 1. The smallest absolute Gasteiger partial charge is 0.314 e. The fraction of sp³-hybridized carbons (Fsp3) is 0.500. The van der Waals surface area contributed by atoms with Crippen LogP contribution in [0.15, 0.2) is 29.2 Å². The van der Waals surface area contributed by atoms with Crippen LogP contribution >= 0.6 is 0 Å². The first kappa shape index (κ1) is 15.9. The van der Waals surface area contributed by atoms with Gasteiger partial charge in [0.15, 0.2) is 0 Å². The first-order chi connectivity index (χ1) is 9.82. The van der Waals surface area contributed by atoms with Crippen molar-refractivity contribution in [1.82, 2.24) is 4.72 Å². The molecule has 0 radical (unpaired) electrons. The first-order valence-corrected chi connectivity index (χ1v) is 8.16. The Morgan fingerprint density at radius 2 is 1.95 bits per heavy atom. The van der Waals surface area contributed by atoms with E-state index in [1.807, 2.05) is 0 Å². The van der Waals surface area contributed by atoms with Gasteiger partial charge in [0, 0.05) is 13.7 Å².